The summed E-state index contributed by atoms with van der Waals surface area (Å²) in [7, 11) is 1.63. The van der Waals surface area contributed by atoms with Crippen molar-refractivity contribution in [3.63, 3.8) is 0 Å². The fraction of sp³-hybridized carbons (Fsp3) is 0.500. The third-order valence-corrected chi connectivity index (χ3v) is 5.25. The molecule has 8 heteroatoms. The second kappa shape index (κ2) is 9.94. The lowest BCUT2D eigenvalue weighted by atomic mass is 10.2. The molecule has 2 aromatic rings. The van der Waals surface area contributed by atoms with Gasteiger partial charge < -0.3 is 9.64 Å². The molecular weight excluding hydrogens is 374 g/mol. The van der Waals surface area contributed by atoms with Gasteiger partial charge in [-0.15, -0.1) is 0 Å². The lowest BCUT2D eigenvalue weighted by molar-refractivity contribution is -0.127. The highest BCUT2D eigenvalue weighted by atomic mass is 35.5. The molecule has 0 saturated carbocycles. The van der Waals surface area contributed by atoms with E-state index in [1.54, 1.807) is 34.8 Å². The minimum Gasteiger partial charge on any atom is -0.385 e. The van der Waals surface area contributed by atoms with Crippen LogP contribution in [0.25, 0.3) is 10.9 Å². The predicted molar refractivity (Wildman–Crippen MR) is 106 cm³/mol. The third kappa shape index (κ3) is 4.99. The average molecular weight is 398 g/mol. The van der Waals surface area contributed by atoms with Crippen molar-refractivity contribution in [2.45, 2.75) is 32.0 Å². The van der Waals surface area contributed by atoms with Crippen LogP contribution in [0.2, 0.25) is 5.02 Å². The van der Waals surface area contributed by atoms with Crippen molar-refractivity contribution in [2.75, 3.05) is 32.6 Å². The molecule has 0 aliphatic heterocycles. The van der Waals surface area contributed by atoms with Crippen LogP contribution in [0.15, 0.2) is 28.2 Å². The lowest BCUT2D eigenvalue weighted by Gasteiger charge is -2.19. The van der Waals surface area contributed by atoms with E-state index in [2.05, 4.69) is 4.98 Å². The number of carbonyl (C=O) groups is 1. The van der Waals surface area contributed by atoms with E-state index in [1.165, 1.54) is 11.8 Å². The van der Waals surface area contributed by atoms with Gasteiger partial charge in [0.05, 0.1) is 16.7 Å². The summed E-state index contributed by atoms with van der Waals surface area (Å²) in [5.41, 5.74) is 0.420. The van der Waals surface area contributed by atoms with Gasteiger partial charge in [0.25, 0.3) is 5.56 Å². The van der Waals surface area contributed by atoms with Gasteiger partial charge in [-0.2, -0.15) is 0 Å². The first-order valence-electron chi connectivity index (χ1n) is 8.61. The molecule has 26 heavy (non-hydrogen) atoms. The van der Waals surface area contributed by atoms with Gasteiger partial charge in [0.15, 0.2) is 5.16 Å². The summed E-state index contributed by atoms with van der Waals surface area (Å²) in [5.74, 6) is 0.272. The number of hydrogen-bond donors (Lipinski definition) is 0. The highest BCUT2D eigenvalue weighted by molar-refractivity contribution is 7.99. The fourth-order valence-corrected chi connectivity index (χ4v) is 3.74. The molecule has 0 aliphatic carbocycles. The van der Waals surface area contributed by atoms with E-state index >= 15 is 0 Å². The molecule has 0 unspecified atom stereocenters. The van der Waals surface area contributed by atoms with Crippen LogP contribution in [0.4, 0.5) is 0 Å². The number of benzene rings is 1. The Balaban J connectivity index is 2.36. The van der Waals surface area contributed by atoms with E-state index in [0.717, 1.165) is 0 Å². The fourth-order valence-electron chi connectivity index (χ4n) is 2.64. The molecule has 1 amide bonds. The zero-order chi connectivity index (χ0) is 19.1. The van der Waals surface area contributed by atoms with Crippen molar-refractivity contribution in [1.82, 2.24) is 14.5 Å². The van der Waals surface area contributed by atoms with Gasteiger partial charge in [-0.05, 0) is 38.5 Å². The van der Waals surface area contributed by atoms with Crippen molar-refractivity contribution in [3.8, 4) is 0 Å². The summed E-state index contributed by atoms with van der Waals surface area (Å²) in [6, 6.07) is 5.05. The van der Waals surface area contributed by atoms with Crippen LogP contribution in [0.1, 0.15) is 20.3 Å². The molecule has 1 aromatic carbocycles. The Morgan fingerprint density at radius 1 is 1.35 bits per heavy atom. The van der Waals surface area contributed by atoms with Gasteiger partial charge in [0, 0.05) is 38.4 Å². The van der Waals surface area contributed by atoms with Gasteiger partial charge in [-0.1, -0.05) is 23.4 Å². The number of fused-ring (bicyclic) bond motifs is 1. The molecule has 0 fully saturated rings. The van der Waals surface area contributed by atoms with Crippen molar-refractivity contribution >= 4 is 40.2 Å². The predicted octanol–water partition coefficient (Wildman–Crippen LogP) is 3.05. The number of halogens is 1. The van der Waals surface area contributed by atoms with E-state index in [-0.39, 0.29) is 17.2 Å². The summed E-state index contributed by atoms with van der Waals surface area (Å²) in [4.78, 5) is 31.5. The standard InChI is InChI=1S/C18H24ClN3O3S/c1-4-21(5-2)16(23)12-26-18-20-15-11-13(19)7-8-14(15)17(24)22(18)9-6-10-25-3/h7-8,11H,4-6,9-10,12H2,1-3H3. The van der Waals surface area contributed by atoms with Crippen molar-refractivity contribution in [3.05, 3.63) is 33.6 Å². The molecule has 6 nitrogen and oxygen atoms in total. The Bertz CT molecular complexity index is 821. The minimum atomic E-state index is -0.124. The smallest absolute Gasteiger partial charge is 0.262 e. The number of ether oxygens (including phenoxy) is 1. The monoisotopic (exact) mass is 397 g/mol. The van der Waals surface area contributed by atoms with E-state index in [1.807, 2.05) is 13.8 Å². The number of carbonyl (C=O) groups excluding carboxylic acids is 1. The highest BCUT2D eigenvalue weighted by Gasteiger charge is 2.15. The Hall–Kier alpha value is -1.57. The third-order valence-electron chi connectivity index (χ3n) is 4.05. The number of hydrogen-bond acceptors (Lipinski definition) is 5. The second-order valence-electron chi connectivity index (χ2n) is 5.71. The van der Waals surface area contributed by atoms with E-state index in [4.69, 9.17) is 16.3 Å². The molecule has 0 N–H and O–H groups in total. The van der Waals surface area contributed by atoms with Crippen LogP contribution in [-0.4, -0.2) is 52.9 Å². The largest absolute Gasteiger partial charge is 0.385 e. The second-order valence-corrected chi connectivity index (χ2v) is 7.09. The van der Waals surface area contributed by atoms with Gasteiger partial charge in [-0.25, -0.2) is 4.98 Å². The molecule has 0 aliphatic rings. The summed E-state index contributed by atoms with van der Waals surface area (Å²) in [5, 5.41) is 1.57. The van der Waals surface area contributed by atoms with Crippen LogP contribution >= 0.6 is 23.4 Å². The maximum absolute atomic E-state index is 12.9. The molecule has 0 bridgehead atoms. The Morgan fingerprint density at radius 2 is 2.08 bits per heavy atom. The zero-order valence-corrected chi connectivity index (χ0v) is 16.9. The molecule has 1 heterocycles. The molecule has 0 atom stereocenters. The van der Waals surface area contributed by atoms with Gasteiger partial charge >= 0.3 is 0 Å². The van der Waals surface area contributed by atoms with Gasteiger partial charge in [-0.3, -0.25) is 14.2 Å². The molecule has 142 valence electrons. The minimum absolute atomic E-state index is 0.0314. The van der Waals surface area contributed by atoms with E-state index < -0.39 is 0 Å². The van der Waals surface area contributed by atoms with Gasteiger partial charge in [0.2, 0.25) is 5.91 Å². The van der Waals surface area contributed by atoms with Crippen LogP contribution in [0.5, 0.6) is 0 Å². The quantitative estimate of drug-likeness (QED) is 0.369. The first-order chi connectivity index (χ1) is 12.5. The highest BCUT2D eigenvalue weighted by Crippen LogP contribution is 2.21. The number of amides is 1. The summed E-state index contributed by atoms with van der Waals surface area (Å²) in [6.07, 6.45) is 0.689. The van der Waals surface area contributed by atoms with Crippen LogP contribution in [0.3, 0.4) is 0 Å². The first kappa shape index (κ1) is 20.7. The normalized spacial score (nSPS) is 11.1. The molecule has 0 radical (unpaired) electrons. The molecule has 2 rings (SSSR count). The van der Waals surface area contributed by atoms with Crippen molar-refractivity contribution < 1.29 is 9.53 Å². The Morgan fingerprint density at radius 3 is 2.73 bits per heavy atom. The molecule has 0 spiro atoms. The first-order valence-corrected chi connectivity index (χ1v) is 9.97. The van der Waals surface area contributed by atoms with Gasteiger partial charge in [0.1, 0.15) is 0 Å². The summed E-state index contributed by atoms with van der Waals surface area (Å²) < 4.78 is 6.70. The SMILES string of the molecule is CCN(CC)C(=O)CSc1nc2cc(Cl)ccc2c(=O)n1CCCOC. The molecule has 1 aromatic heterocycles. The Kier molecular flexibility index (Phi) is 7.93. The summed E-state index contributed by atoms with van der Waals surface area (Å²) in [6.45, 7) is 6.26. The van der Waals surface area contributed by atoms with E-state index in [9.17, 15) is 9.59 Å². The molecule has 0 saturated heterocycles. The maximum atomic E-state index is 12.9. The van der Waals surface area contributed by atoms with Crippen LogP contribution in [-0.2, 0) is 16.1 Å². The van der Waals surface area contributed by atoms with E-state index in [0.29, 0.717) is 53.7 Å². The zero-order valence-electron chi connectivity index (χ0n) is 15.3. The average Bonchev–Trinajstić information content (AvgIpc) is 2.63. The van der Waals surface area contributed by atoms with Crippen LogP contribution < -0.4 is 5.56 Å². The lowest BCUT2D eigenvalue weighted by Crippen LogP contribution is -2.32. The number of aromatic nitrogens is 2. The Labute approximate surface area is 162 Å². The van der Waals surface area contributed by atoms with Crippen LogP contribution in [0, 0.1) is 0 Å². The number of nitrogens with zero attached hydrogens (tertiary/aromatic N) is 3. The maximum Gasteiger partial charge on any atom is 0.262 e. The number of rotatable bonds is 9. The summed E-state index contributed by atoms with van der Waals surface area (Å²) >= 11 is 7.32. The van der Waals surface area contributed by atoms with Crippen molar-refractivity contribution in [2.24, 2.45) is 0 Å². The molecular formula is C18H24ClN3O3S. The topological polar surface area (TPSA) is 64.4 Å². The number of methoxy groups -OCH3 is 1. The number of thioether (sulfide) groups is 1. The van der Waals surface area contributed by atoms with Crippen molar-refractivity contribution in [1.29, 1.82) is 0 Å².